The Labute approximate surface area is 183 Å². The van der Waals surface area contributed by atoms with Crippen LogP contribution in [-0.4, -0.2) is 41.1 Å². The van der Waals surface area contributed by atoms with E-state index in [0.29, 0.717) is 5.56 Å². The molecule has 32 heavy (non-hydrogen) atoms. The van der Waals surface area contributed by atoms with Gasteiger partial charge >= 0.3 is 11.9 Å². The molecule has 0 amide bonds. The van der Waals surface area contributed by atoms with E-state index in [9.17, 15) is 23.5 Å². The molecule has 3 N–H and O–H groups in total. The first-order valence-electron chi connectivity index (χ1n) is 10.1. The number of fused-ring (bicyclic) bond motifs is 1. The van der Waals surface area contributed by atoms with Crippen LogP contribution in [0.1, 0.15) is 17.5 Å². The van der Waals surface area contributed by atoms with Crippen LogP contribution in [0.25, 0.3) is 0 Å². The number of aliphatic carboxylic acids is 1. The van der Waals surface area contributed by atoms with E-state index >= 15 is 0 Å². The highest BCUT2D eigenvalue weighted by molar-refractivity contribution is 5.91. The van der Waals surface area contributed by atoms with Gasteiger partial charge in [0.05, 0.1) is 19.3 Å². The highest BCUT2D eigenvalue weighted by Gasteiger charge is 2.85. The number of carboxylic acids is 1. The van der Waals surface area contributed by atoms with Crippen molar-refractivity contribution in [2.75, 3.05) is 6.79 Å². The van der Waals surface area contributed by atoms with Crippen LogP contribution >= 0.6 is 0 Å². The smallest absolute Gasteiger partial charge is 0.342 e. The zero-order chi connectivity index (χ0) is 22.9. The second-order valence-corrected chi connectivity index (χ2v) is 8.14. The minimum Gasteiger partial charge on any atom is -0.479 e. The number of carboxylic acid groups (broad SMARTS) is 1. The number of carbonyl (C=O) groups is 2. The summed E-state index contributed by atoms with van der Waals surface area (Å²) in [5.74, 6) is -5.28. The first kappa shape index (κ1) is 22.3. The van der Waals surface area contributed by atoms with E-state index in [1.54, 1.807) is 0 Å². The molecule has 0 spiro atoms. The van der Waals surface area contributed by atoms with Crippen molar-refractivity contribution in [3.8, 4) is 0 Å². The van der Waals surface area contributed by atoms with Gasteiger partial charge in [0.15, 0.2) is 6.79 Å². The molecule has 0 bridgehead atoms. The topological polar surface area (TPSA) is 108 Å². The van der Waals surface area contributed by atoms with Gasteiger partial charge in [0.2, 0.25) is 5.67 Å². The number of nitrogens with two attached hydrogens (primary N) is 1. The number of esters is 1. The second kappa shape index (κ2) is 8.57. The van der Waals surface area contributed by atoms with Gasteiger partial charge in [-0.2, -0.15) is 0 Å². The van der Waals surface area contributed by atoms with Crippen LogP contribution in [0.2, 0.25) is 0 Å². The molecule has 2 fully saturated rings. The number of carbonyl (C=O) groups excluding carboxylic acids is 1. The Kier molecular flexibility index (Phi) is 5.98. The summed E-state index contributed by atoms with van der Waals surface area (Å²) in [5.41, 5.74) is 3.20. The van der Waals surface area contributed by atoms with Crippen LogP contribution in [0.4, 0.5) is 8.78 Å². The van der Waals surface area contributed by atoms with E-state index in [2.05, 4.69) is 0 Å². The van der Waals surface area contributed by atoms with E-state index < -0.39 is 53.7 Å². The Morgan fingerprint density at radius 2 is 1.72 bits per heavy atom. The molecular weight excluding hydrogens is 424 g/mol. The number of hydrogen-bond acceptors (Lipinski definition) is 6. The summed E-state index contributed by atoms with van der Waals surface area (Å²) in [5, 5.41) is 9.31. The molecule has 2 aromatic rings. The van der Waals surface area contributed by atoms with Crippen LogP contribution in [-0.2, 0) is 37.0 Å². The van der Waals surface area contributed by atoms with Gasteiger partial charge in [0.25, 0.3) is 0 Å². The molecule has 2 aliphatic rings. The van der Waals surface area contributed by atoms with Crippen molar-refractivity contribution in [3.63, 3.8) is 0 Å². The lowest BCUT2D eigenvalue weighted by Crippen LogP contribution is -2.61. The van der Waals surface area contributed by atoms with Crippen LogP contribution in [0, 0.1) is 17.7 Å². The van der Waals surface area contributed by atoms with Gasteiger partial charge in [-0.15, -0.1) is 0 Å². The lowest BCUT2D eigenvalue weighted by atomic mass is 9.87. The molecule has 2 aliphatic carbocycles. The maximum Gasteiger partial charge on any atom is 0.342 e. The van der Waals surface area contributed by atoms with Crippen molar-refractivity contribution in [1.29, 1.82) is 0 Å². The quantitative estimate of drug-likeness (QED) is 0.346. The third-order valence-corrected chi connectivity index (χ3v) is 6.23. The van der Waals surface area contributed by atoms with Crippen LogP contribution in [0.3, 0.4) is 0 Å². The Hall–Kier alpha value is -2.88. The number of hydrogen-bond donors (Lipinski definition) is 2. The van der Waals surface area contributed by atoms with E-state index in [0.717, 1.165) is 5.56 Å². The van der Waals surface area contributed by atoms with Gasteiger partial charge < -0.3 is 25.1 Å². The number of ether oxygens (including phenoxy) is 3. The van der Waals surface area contributed by atoms with Crippen LogP contribution in [0.15, 0.2) is 54.6 Å². The molecule has 0 unspecified atom stereocenters. The molecular formula is C23H23F2NO6. The minimum absolute atomic E-state index is 0.00647. The van der Waals surface area contributed by atoms with Gasteiger partial charge in [0.1, 0.15) is 11.4 Å². The van der Waals surface area contributed by atoms with E-state index in [4.69, 9.17) is 19.9 Å². The fraction of sp³-hybridized carbons (Fsp3) is 0.391. The third-order valence-electron chi connectivity index (χ3n) is 6.23. The zero-order valence-corrected chi connectivity index (χ0v) is 17.1. The molecule has 2 saturated carbocycles. The summed E-state index contributed by atoms with van der Waals surface area (Å²) in [7, 11) is 0. The number of benzene rings is 2. The summed E-state index contributed by atoms with van der Waals surface area (Å²) in [6, 6.07) is 14.7. The summed E-state index contributed by atoms with van der Waals surface area (Å²) in [6.07, 6.45) is -1.02. The fourth-order valence-electron chi connectivity index (χ4n) is 4.53. The fourth-order valence-corrected chi connectivity index (χ4v) is 4.53. The third kappa shape index (κ3) is 3.87. The van der Waals surface area contributed by atoms with Crippen molar-refractivity contribution in [2.24, 2.45) is 17.6 Å². The Balaban J connectivity index is 1.42. The Morgan fingerprint density at radius 1 is 1.06 bits per heavy atom. The van der Waals surface area contributed by atoms with Crippen molar-refractivity contribution in [2.45, 2.75) is 36.9 Å². The van der Waals surface area contributed by atoms with Gasteiger partial charge in [-0.3, -0.25) is 0 Å². The molecule has 0 saturated heterocycles. The molecule has 0 radical (unpaired) electrons. The minimum atomic E-state index is -2.60. The standard InChI is InChI=1S/C23H23F2NO6/c24-16-8-6-15(7-9-16)12-31-18-10-17-19(22(17,25)20(27)28)23(18,26)21(29)32-13-30-11-14-4-2-1-3-5-14/h1-9,17-19H,10-13,26H2,(H,27,28)/t17-,18-,19+,22-,23+/m1/s1. The van der Waals surface area contributed by atoms with Crippen LogP contribution in [0.5, 0.6) is 0 Å². The molecule has 5 atom stereocenters. The average Bonchev–Trinajstić information content (AvgIpc) is 3.27. The molecule has 0 heterocycles. The Bertz CT molecular complexity index is 988. The van der Waals surface area contributed by atoms with Crippen LogP contribution < -0.4 is 5.73 Å². The second-order valence-electron chi connectivity index (χ2n) is 8.14. The van der Waals surface area contributed by atoms with Gasteiger partial charge in [-0.1, -0.05) is 42.5 Å². The molecule has 7 nitrogen and oxygen atoms in total. The SMILES string of the molecule is N[C@]1(C(=O)OCOCc2ccccc2)[C@H]2[C@@H](C[C@H]1OCc1ccc(F)cc1)[C@]2(F)C(=O)O. The van der Waals surface area contributed by atoms with Crippen molar-refractivity contribution < 1.29 is 37.7 Å². The summed E-state index contributed by atoms with van der Waals surface area (Å²) >= 11 is 0. The normalized spacial score (nSPS) is 30.5. The highest BCUT2D eigenvalue weighted by atomic mass is 19.1. The van der Waals surface area contributed by atoms with E-state index in [-0.39, 0.29) is 19.6 Å². The zero-order valence-electron chi connectivity index (χ0n) is 17.1. The van der Waals surface area contributed by atoms with Crippen molar-refractivity contribution in [1.82, 2.24) is 0 Å². The lowest BCUT2D eigenvalue weighted by molar-refractivity contribution is -0.173. The monoisotopic (exact) mass is 447 g/mol. The lowest BCUT2D eigenvalue weighted by Gasteiger charge is -2.33. The van der Waals surface area contributed by atoms with Crippen molar-refractivity contribution >= 4 is 11.9 Å². The average molecular weight is 447 g/mol. The highest BCUT2D eigenvalue weighted by Crippen LogP contribution is 2.67. The largest absolute Gasteiger partial charge is 0.479 e. The predicted octanol–water partition coefficient (Wildman–Crippen LogP) is 2.57. The summed E-state index contributed by atoms with van der Waals surface area (Å²) in [4.78, 5) is 24.3. The van der Waals surface area contributed by atoms with Gasteiger partial charge in [-0.25, -0.2) is 18.4 Å². The van der Waals surface area contributed by atoms with E-state index in [1.165, 1.54) is 24.3 Å². The van der Waals surface area contributed by atoms with Gasteiger partial charge in [0, 0.05) is 11.8 Å². The van der Waals surface area contributed by atoms with Crippen molar-refractivity contribution in [3.05, 3.63) is 71.5 Å². The Morgan fingerprint density at radius 3 is 2.38 bits per heavy atom. The summed E-state index contributed by atoms with van der Waals surface area (Å²) in [6.45, 7) is -0.251. The molecule has 170 valence electrons. The molecule has 4 rings (SSSR count). The summed E-state index contributed by atoms with van der Waals surface area (Å²) < 4.78 is 44.3. The number of halogens is 2. The van der Waals surface area contributed by atoms with E-state index in [1.807, 2.05) is 30.3 Å². The maximum absolute atomic E-state index is 15.0. The molecule has 9 heteroatoms. The number of rotatable bonds is 9. The first-order chi connectivity index (χ1) is 15.3. The molecule has 0 aromatic heterocycles. The first-order valence-corrected chi connectivity index (χ1v) is 10.1. The number of alkyl halides is 1. The molecule has 0 aliphatic heterocycles. The predicted molar refractivity (Wildman–Crippen MR) is 107 cm³/mol. The van der Waals surface area contributed by atoms with Gasteiger partial charge in [-0.05, 0) is 29.7 Å². The molecule has 2 aromatic carbocycles. The maximum atomic E-state index is 15.0.